The Hall–Kier alpha value is -2.10. The van der Waals surface area contributed by atoms with Gasteiger partial charge in [0.15, 0.2) is 5.76 Å². The van der Waals surface area contributed by atoms with Crippen LogP contribution in [0.5, 0.6) is 0 Å². The molecule has 1 heterocycles. The Bertz CT molecular complexity index is 572. The summed E-state index contributed by atoms with van der Waals surface area (Å²) in [5.74, 6) is -0.149. The highest BCUT2D eigenvalue weighted by Gasteiger charge is 2.08. The van der Waals surface area contributed by atoms with E-state index in [2.05, 4.69) is 12.1 Å². The van der Waals surface area contributed by atoms with Crippen LogP contribution in [0.1, 0.15) is 23.2 Å². The highest BCUT2D eigenvalue weighted by molar-refractivity contribution is 5.67. The summed E-state index contributed by atoms with van der Waals surface area (Å²) in [6.45, 7) is 4.10. The summed E-state index contributed by atoms with van der Waals surface area (Å²) in [5, 5.41) is 12.5. The standard InChI is InChI=1S/C14H15NO3/c1-9-3-4-11(7-10(9)2)13-8-12(15-18-13)5-6-14(16)17/h3-4,7-8H,5-6H2,1-2H3,(H,16,17). The molecule has 4 heteroatoms. The highest BCUT2D eigenvalue weighted by atomic mass is 16.5. The van der Waals surface area contributed by atoms with Crippen LogP contribution in [0.15, 0.2) is 28.8 Å². The van der Waals surface area contributed by atoms with Gasteiger partial charge in [-0.15, -0.1) is 0 Å². The van der Waals surface area contributed by atoms with E-state index in [4.69, 9.17) is 9.63 Å². The average Bonchev–Trinajstić information content (AvgIpc) is 2.79. The van der Waals surface area contributed by atoms with Gasteiger partial charge in [0, 0.05) is 18.1 Å². The zero-order valence-corrected chi connectivity index (χ0v) is 10.4. The minimum Gasteiger partial charge on any atom is -0.481 e. The molecule has 4 nitrogen and oxygen atoms in total. The average molecular weight is 245 g/mol. The van der Waals surface area contributed by atoms with Crippen molar-refractivity contribution < 1.29 is 14.4 Å². The third kappa shape index (κ3) is 2.77. The number of nitrogens with zero attached hydrogens (tertiary/aromatic N) is 1. The van der Waals surface area contributed by atoms with Crippen molar-refractivity contribution in [1.82, 2.24) is 5.16 Å². The van der Waals surface area contributed by atoms with Crippen LogP contribution in [0.4, 0.5) is 0 Å². The second-order valence-corrected chi connectivity index (χ2v) is 4.38. The maximum absolute atomic E-state index is 10.5. The predicted octanol–water partition coefficient (Wildman–Crippen LogP) is 2.98. The zero-order chi connectivity index (χ0) is 13.1. The van der Waals surface area contributed by atoms with Crippen molar-refractivity contribution in [1.29, 1.82) is 0 Å². The molecular weight excluding hydrogens is 230 g/mol. The predicted molar refractivity (Wildman–Crippen MR) is 67.4 cm³/mol. The van der Waals surface area contributed by atoms with Crippen LogP contribution in [-0.4, -0.2) is 16.2 Å². The van der Waals surface area contributed by atoms with Gasteiger partial charge in [0.25, 0.3) is 0 Å². The van der Waals surface area contributed by atoms with Gasteiger partial charge in [0.2, 0.25) is 0 Å². The van der Waals surface area contributed by atoms with E-state index < -0.39 is 5.97 Å². The Morgan fingerprint density at radius 1 is 1.28 bits per heavy atom. The van der Waals surface area contributed by atoms with Crippen molar-refractivity contribution >= 4 is 5.97 Å². The first-order valence-electron chi connectivity index (χ1n) is 5.81. The van der Waals surface area contributed by atoms with E-state index in [0.29, 0.717) is 17.9 Å². The molecule has 1 N–H and O–H groups in total. The number of carboxylic acids is 1. The molecule has 94 valence electrons. The van der Waals surface area contributed by atoms with Crippen molar-refractivity contribution in [3.63, 3.8) is 0 Å². The van der Waals surface area contributed by atoms with Gasteiger partial charge in [0.05, 0.1) is 12.1 Å². The summed E-state index contributed by atoms with van der Waals surface area (Å²) in [5.41, 5.74) is 4.05. The van der Waals surface area contributed by atoms with Crippen molar-refractivity contribution in [3.05, 3.63) is 41.1 Å². The summed E-state index contributed by atoms with van der Waals surface area (Å²) >= 11 is 0. The minimum atomic E-state index is -0.828. The Morgan fingerprint density at radius 2 is 2.06 bits per heavy atom. The van der Waals surface area contributed by atoms with E-state index in [1.54, 1.807) is 6.07 Å². The molecule has 0 aliphatic rings. The largest absolute Gasteiger partial charge is 0.481 e. The molecule has 0 aliphatic heterocycles. The molecular formula is C14H15NO3. The van der Waals surface area contributed by atoms with E-state index in [0.717, 1.165) is 5.56 Å². The highest BCUT2D eigenvalue weighted by Crippen LogP contribution is 2.23. The fraction of sp³-hybridized carbons (Fsp3) is 0.286. The van der Waals surface area contributed by atoms with Gasteiger partial charge < -0.3 is 9.63 Å². The Labute approximate surface area is 105 Å². The van der Waals surface area contributed by atoms with E-state index in [1.165, 1.54) is 11.1 Å². The van der Waals surface area contributed by atoms with Crippen molar-refractivity contribution in [2.24, 2.45) is 0 Å². The third-order valence-electron chi connectivity index (χ3n) is 2.95. The van der Waals surface area contributed by atoms with E-state index in [-0.39, 0.29) is 6.42 Å². The number of aromatic nitrogens is 1. The summed E-state index contributed by atoms with van der Waals surface area (Å²) in [6, 6.07) is 7.85. The number of carboxylic acid groups (broad SMARTS) is 1. The molecule has 0 radical (unpaired) electrons. The molecule has 1 aromatic heterocycles. The van der Waals surface area contributed by atoms with Gasteiger partial charge in [0.1, 0.15) is 0 Å². The van der Waals surface area contributed by atoms with E-state index in [1.807, 2.05) is 25.1 Å². The Kier molecular flexibility index (Phi) is 3.46. The molecule has 18 heavy (non-hydrogen) atoms. The molecule has 2 rings (SSSR count). The summed E-state index contributed by atoms with van der Waals surface area (Å²) < 4.78 is 5.23. The Morgan fingerprint density at radius 3 is 2.72 bits per heavy atom. The van der Waals surface area contributed by atoms with Crippen LogP contribution < -0.4 is 0 Å². The molecule has 0 saturated carbocycles. The molecule has 0 amide bonds. The molecule has 0 bridgehead atoms. The molecule has 0 aliphatic carbocycles. The van der Waals surface area contributed by atoms with Crippen molar-refractivity contribution in [3.8, 4) is 11.3 Å². The summed E-state index contributed by atoms with van der Waals surface area (Å²) in [7, 11) is 0. The second kappa shape index (κ2) is 5.04. The van der Waals surface area contributed by atoms with Gasteiger partial charge in [-0.25, -0.2) is 0 Å². The van der Waals surface area contributed by atoms with Crippen LogP contribution in [0.3, 0.4) is 0 Å². The maximum atomic E-state index is 10.5. The molecule has 0 saturated heterocycles. The lowest BCUT2D eigenvalue weighted by atomic mass is 10.0. The Balaban J connectivity index is 2.18. The molecule has 0 unspecified atom stereocenters. The van der Waals surface area contributed by atoms with Crippen LogP contribution in [0.25, 0.3) is 11.3 Å². The number of hydrogen-bond donors (Lipinski definition) is 1. The summed E-state index contributed by atoms with van der Waals surface area (Å²) in [4.78, 5) is 10.5. The topological polar surface area (TPSA) is 63.3 Å². The summed E-state index contributed by atoms with van der Waals surface area (Å²) in [6.07, 6.45) is 0.461. The fourth-order valence-corrected chi connectivity index (χ4v) is 1.70. The lowest BCUT2D eigenvalue weighted by Crippen LogP contribution is -1.97. The number of rotatable bonds is 4. The molecule has 1 aromatic carbocycles. The normalized spacial score (nSPS) is 10.6. The number of carbonyl (C=O) groups is 1. The van der Waals surface area contributed by atoms with E-state index in [9.17, 15) is 4.79 Å². The monoisotopic (exact) mass is 245 g/mol. The van der Waals surface area contributed by atoms with Crippen molar-refractivity contribution in [2.45, 2.75) is 26.7 Å². The van der Waals surface area contributed by atoms with Crippen LogP contribution in [0.2, 0.25) is 0 Å². The lowest BCUT2D eigenvalue weighted by molar-refractivity contribution is -0.136. The molecule has 0 spiro atoms. The van der Waals surface area contributed by atoms with Gasteiger partial charge >= 0.3 is 5.97 Å². The lowest BCUT2D eigenvalue weighted by Gasteiger charge is -2.01. The van der Waals surface area contributed by atoms with Crippen molar-refractivity contribution in [2.75, 3.05) is 0 Å². The second-order valence-electron chi connectivity index (χ2n) is 4.38. The van der Waals surface area contributed by atoms with E-state index >= 15 is 0 Å². The minimum absolute atomic E-state index is 0.0684. The van der Waals surface area contributed by atoms with Crippen LogP contribution in [-0.2, 0) is 11.2 Å². The fourth-order valence-electron chi connectivity index (χ4n) is 1.70. The smallest absolute Gasteiger partial charge is 0.303 e. The molecule has 0 fully saturated rings. The third-order valence-corrected chi connectivity index (χ3v) is 2.95. The molecule has 2 aromatic rings. The SMILES string of the molecule is Cc1ccc(-c2cc(CCC(=O)O)no2)cc1C. The first kappa shape index (κ1) is 12.4. The van der Waals surface area contributed by atoms with Crippen LogP contribution >= 0.6 is 0 Å². The van der Waals surface area contributed by atoms with Gasteiger partial charge in [-0.2, -0.15) is 0 Å². The first-order chi connectivity index (χ1) is 8.56. The maximum Gasteiger partial charge on any atom is 0.303 e. The molecule has 0 atom stereocenters. The number of aliphatic carboxylic acids is 1. The first-order valence-corrected chi connectivity index (χ1v) is 5.81. The quantitative estimate of drug-likeness (QED) is 0.899. The van der Waals surface area contributed by atoms with Gasteiger partial charge in [-0.1, -0.05) is 17.3 Å². The number of benzene rings is 1. The van der Waals surface area contributed by atoms with Gasteiger partial charge in [-0.3, -0.25) is 4.79 Å². The van der Waals surface area contributed by atoms with Gasteiger partial charge in [-0.05, 0) is 31.0 Å². The number of aryl methyl sites for hydroxylation is 3. The number of hydrogen-bond acceptors (Lipinski definition) is 3. The zero-order valence-electron chi connectivity index (χ0n) is 10.4. The van der Waals surface area contributed by atoms with Crippen LogP contribution in [0, 0.1) is 13.8 Å².